The van der Waals surface area contributed by atoms with Crippen LogP contribution in [0.1, 0.15) is 6.92 Å². The smallest absolute Gasteiger partial charge is 0.262 e. The van der Waals surface area contributed by atoms with Crippen LogP contribution in [0.15, 0.2) is 77.3 Å². The highest BCUT2D eigenvalue weighted by molar-refractivity contribution is 5.93. The molecule has 1 aromatic heterocycles. The third-order valence-corrected chi connectivity index (χ3v) is 4.71. The quantitative estimate of drug-likeness (QED) is 0.394. The van der Waals surface area contributed by atoms with Crippen LogP contribution >= 0.6 is 0 Å². The van der Waals surface area contributed by atoms with Gasteiger partial charge in [-0.1, -0.05) is 29.4 Å². The first-order valence-corrected chi connectivity index (χ1v) is 10.4. The molecule has 168 valence electrons. The minimum atomic E-state index is -0.322. The summed E-state index contributed by atoms with van der Waals surface area (Å²) >= 11 is 0. The molecule has 0 aliphatic carbocycles. The first-order valence-electron chi connectivity index (χ1n) is 10.4. The van der Waals surface area contributed by atoms with Crippen molar-refractivity contribution in [1.82, 2.24) is 10.1 Å². The van der Waals surface area contributed by atoms with E-state index in [0.29, 0.717) is 41.1 Å². The van der Waals surface area contributed by atoms with Crippen molar-refractivity contribution in [3.05, 3.63) is 72.8 Å². The van der Waals surface area contributed by atoms with Gasteiger partial charge in [0.1, 0.15) is 17.2 Å². The lowest BCUT2D eigenvalue weighted by Crippen LogP contribution is -2.20. The van der Waals surface area contributed by atoms with Crippen molar-refractivity contribution in [1.29, 1.82) is 0 Å². The number of hydrogen-bond acceptors (Lipinski definition) is 7. The number of aromatic nitrogens is 2. The van der Waals surface area contributed by atoms with Gasteiger partial charge in [0.25, 0.3) is 11.8 Å². The Hall–Kier alpha value is -4.33. The number of carbonyl (C=O) groups excluding carboxylic acids is 1. The van der Waals surface area contributed by atoms with Crippen molar-refractivity contribution < 1.29 is 23.5 Å². The van der Waals surface area contributed by atoms with Crippen LogP contribution in [0.2, 0.25) is 0 Å². The molecule has 1 N–H and O–H groups in total. The highest BCUT2D eigenvalue weighted by Gasteiger charge is 2.16. The van der Waals surface area contributed by atoms with Crippen molar-refractivity contribution >= 4 is 11.6 Å². The van der Waals surface area contributed by atoms with Gasteiger partial charge < -0.3 is 24.1 Å². The van der Waals surface area contributed by atoms with Gasteiger partial charge in [-0.2, -0.15) is 4.98 Å². The summed E-state index contributed by atoms with van der Waals surface area (Å²) in [6.07, 6.45) is 0. The molecule has 0 aliphatic rings. The van der Waals surface area contributed by atoms with E-state index in [2.05, 4.69) is 15.5 Å². The van der Waals surface area contributed by atoms with E-state index in [9.17, 15) is 4.79 Å². The van der Waals surface area contributed by atoms with E-state index >= 15 is 0 Å². The molecule has 0 saturated heterocycles. The van der Waals surface area contributed by atoms with Crippen LogP contribution in [0.4, 0.5) is 5.69 Å². The number of benzene rings is 3. The summed E-state index contributed by atoms with van der Waals surface area (Å²) in [6, 6.07) is 21.8. The maximum absolute atomic E-state index is 12.4. The lowest BCUT2D eigenvalue weighted by molar-refractivity contribution is -0.118. The Bertz CT molecular complexity index is 1220. The topological polar surface area (TPSA) is 95.7 Å². The minimum absolute atomic E-state index is 0.196. The predicted octanol–water partition coefficient (Wildman–Crippen LogP) is 4.83. The fourth-order valence-corrected chi connectivity index (χ4v) is 3.17. The zero-order chi connectivity index (χ0) is 23.0. The minimum Gasteiger partial charge on any atom is -0.495 e. The molecule has 0 atom stereocenters. The molecule has 4 aromatic rings. The van der Waals surface area contributed by atoms with E-state index < -0.39 is 0 Å². The first-order chi connectivity index (χ1) is 16.2. The predicted molar refractivity (Wildman–Crippen MR) is 123 cm³/mol. The van der Waals surface area contributed by atoms with Crippen LogP contribution < -0.4 is 19.5 Å². The lowest BCUT2D eigenvalue weighted by atomic mass is 10.2. The zero-order valence-electron chi connectivity index (χ0n) is 18.3. The van der Waals surface area contributed by atoms with Gasteiger partial charge in [0, 0.05) is 5.56 Å². The average Bonchev–Trinajstić information content (AvgIpc) is 3.34. The summed E-state index contributed by atoms with van der Waals surface area (Å²) in [5.74, 6) is 2.21. The number of para-hydroxylation sites is 3. The van der Waals surface area contributed by atoms with Crippen LogP contribution in [0, 0.1) is 0 Å². The summed E-state index contributed by atoms with van der Waals surface area (Å²) < 4.78 is 21.9. The third kappa shape index (κ3) is 5.30. The Morgan fingerprint density at radius 1 is 0.939 bits per heavy atom. The molecule has 8 heteroatoms. The molecule has 0 fully saturated rings. The van der Waals surface area contributed by atoms with Crippen LogP contribution in [0.3, 0.4) is 0 Å². The molecule has 0 unspecified atom stereocenters. The SMILES string of the molecule is CCOc1ccc(-c2nc(-c3ccccc3OCC(=O)Nc3ccccc3OC)no2)cc1. The monoisotopic (exact) mass is 445 g/mol. The van der Waals surface area contributed by atoms with Gasteiger partial charge in [-0.15, -0.1) is 0 Å². The molecular formula is C25H23N3O5. The molecule has 4 rings (SSSR count). The summed E-state index contributed by atoms with van der Waals surface area (Å²) in [6.45, 7) is 2.33. The number of rotatable bonds is 9. The van der Waals surface area contributed by atoms with Gasteiger partial charge in [-0.25, -0.2) is 0 Å². The molecule has 1 heterocycles. The van der Waals surface area contributed by atoms with E-state index in [1.165, 1.54) is 0 Å². The van der Waals surface area contributed by atoms with Gasteiger partial charge >= 0.3 is 0 Å². The Balaban J connectivity index is 1.46. The number of amides is 1. The van der Waals surface area contributed by atoms with E-state index in [0.717, 1.165) is 11.3 Å². The number of hydrogen-bond donors (Lipinski definition) is 1. The van der Waals surface area contributed by atoms with Crippen LogP contribution in [0.25, 0.3) is 22.8 Å². The Kier molecular flexibility index (Phi) is 6.84. The summed E-state index contributed by atoms with van der Waals surface area (Å²) in [5, 5.41) is 6.87. The van der Waals surface area contributed by atoms with Gasteiger partial charge in [-0.3, -0.25) is 4.79 Å². The summed E-state index contributed by atoms with van der Waals surface area (Å²) in [7, 11) is 1.55. The lowest BCUT2D eigenvalue weighted by Gasteiger charge is -2.11. The number of anilines is 1. The molecular weight excluding hydrogens is 422 g/mol. The standard InChI is InChI=1S/C25H23N3O5/c1-3-31-18-14-12-17(13-15-18)25-27-24(28-33-25)19-8-4-6-10-21(19)32-16-23(29)26-20-9-5-7-11-22(20)30-2/h4-15H,3,16H2,1-2H3,(H,26,29). The van der Waals surface area contributed by atoms with Gasteiger partial charge in [0.05, 0.1) is 25.0 Å². The Labute approximate surface area is 191 Å². The Morgan fingerprint density at radius 2 is 1.67 bits per heavy atom. The largest absolute Gasteiger partial charge is 0.495 e. The van der Waals surface area contributed by atoms with E-state index in [-0.39, 0.29) is 12.5 Å². The van der Waals surface area contributed by atoms with Crippen molar-refractivity contribution in [2.24, 2.45) is 0 Å². The number of carbonyl (C=O) groups is 1. The van der Waals surface area contributed by atoms with Gasteiger partial charge in [-0.05, 0) is 55.5 Å². The van der Waals surface area contributed by atoms with Gasteiger partial charge in [0.2, 0.25) is 5.82 Å². The number of nitrogens with zero attached hydrogens (tertiary/aromatic N) is 2. The number of ether oxygens (including phenoxy) is 3. The van der Waals surface area contributed by atoms with Crippen LogP contribution in [-0.2, 0) is 4.79 Å². The first kappa shape index (κ1) is 21.9. The molecule has 1 amide bonds. The van der Waals surface area contributed by atoms with Crippen LogP contribution in [0.5, 0.6) is 17.2 Å². The molecule has 33 heavy (non-hydrogen) atoms. The zero-order valence-corrected chi connectivity index (χ0v) is 18.3. The van der Waals surface area contributed by atoms with Crippen molar-refractivity contribution in [3.8, 4) is 40.1 Å². The average molecular weight is 445 g/mol. The normalized spacial score (nSPS) is 10.5. The van der Waals surface area contributed by atoms with E-state index in [1.807, 2.05) is 55.5 Å². The molecule has 0 bridgehead atoms. The van der Waals surface area contributed by atoms with Crippen molar-refractivity contribution in [2.45, 2.75) is 6.92 Å². The number of nitrogens with one attached hydrogen (secondary N) is 1. The highest BCUT2D eigenvalue weighted by atomic mass is 16.5. The second kappa shape index (κ2) is 10.3. The molecule has 0 saturated carbocycles. The maximum atomic E-state index is 12.4. The molecule has 0 aliphatic heterocycles. The fraction of sp³-hybridized carbons (Fsp3) is 0.160. The summed E-state index contributed by atoms with van der Waals surface area (Å²) in [5.41, 5.74) is 1.95. The second-order valence-electron chi connectivity index (χ2n) is 6.91. The van der Waals surface area contributed by atoms with Crippen molar-refractivity contribution in [3.63, 3.8) is 0 Å². The van der Waals surface area contributed by atoms with E-state index in [1.54, 1.807) is 31.4 Å². The van der Waals surface area contributed by atoms with Crippen LogP contribution in [-0.4, -0.2) is 36.4 Å². The number of methoxy groups -OCH3 is 1. The van der Waals surface area contributed by atoms with E-state index in [4.69, 9.17) is 18.7 Å². The Morgan fingerprint density at radius 3 is 2.42 bits per heavy atom. The summed E-state index contributed by atoms with van der Waals surface area (Å²) in [4.78, 5) is 16.9. The molecule has 0 radical (unpaired) electrons. The van der Waals surface area contributed by atoms with Gasteiger partial charge in [0.15, 0.2) is 6.61 Å². The maximum Gasteiger partial charge on any atom is 0.262 e. The molecule has 3 aromatic carbocycles. The third-order valence-electron chi connectivity index (χ3n) is 4.71. The highest BCUT2D eigenvalue weighted by Crippen LogP contribution is 2.30. The molecule has 0 spiro atoms. The second-order valence-corrected chi connectivity index (χ2v) is 6.91. The molecule has 8 nitrogen and oxygen atoms in total. The fourth-order valence-electron chi connectivity index (χ4n) is 3.17. The van der Waals surface area contributed by atoms with Crippen molar-refractivity contribution in [2.75, 3.05) is 25.6 Å².